The van der Waals surface area contributed by atoms with Crippen molar-refractivity contribution in [1.82, 2.24) is 19.2 Å². The monoisotopic (exact) mass is 466 g/mol. The summed E-state index contributed by atoms with van der Waals surface area (Å²) in [6.45, 7) is 4.87. The number of Topliss-reactive ketones (excluding diaryl/α,β-unsaturated/α-hetero) is 1. The molecule has 2 aromatic heterocycles. The number of hydrogen-bond acceptors (Lipinski definition) is 5. The topological polar surface area (TPSA) is 78.1 Å². The van der Waals surface area contributed by atoms with Gasteiger partial charge in [-0.3, -0.25) is 14.0 Å². The molecular weight excluding hydrogens is 440 g/mol. The Morgan fingerprint density at radius 2 is 1.85 bits per heavy atom. The molecule has 1 aliphatic heterocycles. The fraction of sp³-hybridized carbons (Fsp3) is 0.320. The lowest BCUT2D eigenvalue weighted by molar-refractivity contribution is -0.139. The summed E-state index contributed by atoms with van der Waals surface area (Å²) in [4.78, 5) is 34.5. The van der Waals surface area contributed by atoms with E-state index in [0.717, 1.165) is 12.1 Å². The van der Waals surface area contributed by atoms with Gasteiger partial charge in [0, 0.05) is 17.8 Å². The molecule has 3 heterocycles. The van der Waals surface area contributed by atoms with Gasteiger partial charge in [0.25, 0.3) is 11.7 Å². The first kappa shape index (κ1) is 23.0. The Morgan fingerprint density at radius 3 is 2.52 bits per heavy atom. The summed E-state index contributed by atoms with van der Waals surface area (Å²) >= 11 is 6.09. The molecule has 4 rings (SSSR count). The van der Waals surface area contributed by atoms with E-state index in [0.29, 0.717) is 40.6 Å². The molecule has 33 heavy (non-hydrogen) atoms. The molecule has 0 unspecified atom stereocenters. The fourth-order valence-corrected chi connectivity index (χ4v) is 4.52. The number of aromatic nitrogens is 2. The van der Waals surface area contributed by atoms with E-state index >= 15 is 0 Å². The van der Waals surface area contributed by atoms with Crippen molar-refractivity contribution in [2.75, 3.05) is 27.2 Å². The maximum atomic E-state index is 13.2. The molecule has 0 spiro atoms. The van der Waals surface area contributed by atoms with E-state index in [1.54, 1.807) is 46.7 Å². The third-order valence-electron chi connectivity index (χ3n) is 5.97. The van der Waals surface area contributed by atoms with E-state index in [-0.39, 0.29) is 11.3 Å². The zero-order valence-electron chi connectivity index (χ0n) is 19.2. The number of benzene rings is 1. The van der Waals surface area contributed by atoms with E-state index in [2.05, 4.69) is 4.98 Å². The minimum atomic E-state index is -0.709. The summed E-state index contributed by atoms with van der Waals surface area (Å²) in [6, 6.07) is 10.1. The molecule has 1 atom stereocenters. The summed E-state index contributed by atoms with van der Waals surface area (Å²) in [5.41, 5.74) is 3.42. The Kier molecular flexibility index (Phi) is 6.28. The Hall–Kier alpha value is -3.16. The third kappa shape index (κ3) is 4.14. The van der Waals surface area contributed by atoms with Crippen LogP contribution in [0.1, 0.15) is 35.0 Å². The number of carbonyl (C=O) groups excluding carboxylic acids is 2. The standard InChI is InChI=1S/C25H27ClN4O3/c1-15-7-5-13-29-20(16(2)27-24(15)29)22(31)19-21(17-8-10-18(26)11-9-17)30(25(33)23(19)32)14-6-12-28(3)4/h5,7-11,13,21,31H,6,12,14H2,1-4H3/b22-19+/t21-/m1/s1. The van der Waals surface area contributed by atoms with Gasteiger partial charge in [-0.25, -0.2) is 4.98 Å². The molecule has 172 valence electrons. The minimum Gasteiger partial charge on any atom is -0.505 e. The number of pyridine rings is 1. The smallest absolute Gasteiger partial charge is 0.295 e. The predicted octanol–water partition coefficient (Wildman–Crippen LogP) is 3.98. The van der Waals surface area contributed by atoms with Crippen molar-refractivity contribution >= 4 is 34.7 Å². The largest absolute Gasteiger partial charge is 0.505 e. The number of rotatable bonds is 6. The van der Waals surface area contributed by atoms with Crippen LogP contribution in [0, 0.1) is 13.8 Å². The van der Waals surface area contributed by atoms with Gasteiger partial charge in [0.1, 0.15) is 11.3 Å². The van der Waals surface area contributed by atoms with Gasteiger partial charge in [-0.05, 0) is 70.2 Å². The van der Waals surface area contributed by atoms with Crippen LogP contribution in [0.5, 0.6) is 0 Å². The Balaban J connectivity index is 1.89. The summed E-state index contributed by atoms with van der Waals surface area (Å²) < 4.78 is 1.76. The van der Waals surface area contributed by atoms with Crippen LogP contribution in [0.25, 0.3) is 11.4 Å². The van der Waals surface area contributed by atoms with Gasteiger partial charge in [-0.15, -0.1) is 0 Å². The zero-order valence-corrected chi connectivity index (χ0v) is 19.9. The van der Waals surface area contributed by atoms with Gasteiger partial charge in [-0.2, -0.15) is 0 Å². The molecule has 3 aromatic rings. The Bertz CT molecular complexity index is 1260. The molecule has 1 N–H and O–H groups in total. The highest BCUT2D eigenvalue weighted by Gasteiger charge is 2.46. The molecule has 0 saturated carbocycles. The Labute approximate surface area is 197 Å². The number of likely N-dealkylation sites (tertiary alicyclic amines) is 1. The number of fused-ring (bicyclic) bond motifs is 1. The average molecular weight is 467 g/mol. The lowest BCUT2D eigenvalue weighted by Gasteiger charge is -2.26. The quantitative estimate of drug-likeness (QED) is 0.338. The van der Waals surface area contributed by atoms with Crippen molar-refractivity contribution in [3.05, 3.63) is 75.7 Å². The lowest BCUT2D eigenvalue weighted by atomic mass is 9.96. The van der Waals surface area contributed by atoms with Gasteiger partial charge in [0.2, 0.25) is 0 Å². The third-order valence-corrected chi connectivity index (χ3v) is 6.23. The van der Waals surface area contributed by atoms with E-state index in [1.165, 1.54) is 0 Å². The molecule has 0 bridgehead atoms. The maximum absolute atomic E-state index is 13.2. The molecule has 7 nitrogen and oxygen atoms in total. The number of nitrogens with zero attached hydrogens (tertiary/aromatic N) is 4. The van der Waals surface area contributed by atoms with Gasteiger partial charge in [-0.1, -0.05) is 29.8 Å². The number of aryl methyl sites for hydroxylation is 2. The highest BCUT2D eigenvalue weighted by Crippen LogP contribution is 2.40. The van der Waals surface area contributed by atoms with Crippen molar-refractivity contribution in [1.29, 1.82) is 0 Å². The van der Waals surface area contributed by atoms with Crippen molar-refractivity contribution in [3.8, 4) is 0 Å². The number of aliphatic hydroxyl groups is 1. The average Bonchev–Trinajstić information content (AvgIpc) is 3.23. The summed E-state index contributed by atoms with van der Waals surface area (Å²) in [5, 5.41) is 12.0. The van der Waals surface area contributed by atoms with Crippen LogP contribution in [-0.2, 0) is 9.59 Å². The van der Waals surface area contributed by atoms with E-state index in [9.17, 15) is 14.7 Å². The second-order valence-electron chi connectivity index (χ2n) is 8.63. The van der Waals surface area contributed by atoms with Crippen LogP contribution in [0.2, 0.25) is 5.02 Å². The molecule has 8 heteroatoms. The predicted molar refractivity (Wildman–Crippen MR) is 128 cm³/mol. The molecule has 1 fully saturated rings. The lowest BCUT2D eigenvalue weighted by Crippen LogP contribution is -2.32. The van der Waals surface area contributed by atoms with Gasteiger partial charge >= 0.3 is 0 Å². The van der Waals surface area contributed by atoms with Crippen molar-refractivity contribution in [2.45, 2.75) is 26.3 Å². The number of hydrogen-bond donors (Lipinski definition) is 1. The van der Waals surface area contributed by atoms with Crippen molar-refractivity contribution < 1.29 is 14.7 Å². The minimum absolute atomic E-state index is 0.0681. The number of halogens is 1. The molecule has 1 aliphatic rings. The first-order valence-corrected chi connectivity index (χ1v) is 11.2. The normalized spacial score (nSPS) is 18.1. The number of ketones is 1. The second kappa shape index (κ2) is 9.00. The van der Waals surface area contributed by atoms with Crippen LogP contribution in [-0.4, -0.2) is 63.2 Å². The second-order valence-corrected chi connectivity index (χ2v) is 9.07. The molecule has 1 saturated heterocycles. The summed E-state index contributed by atoms with van der Waals surface area (Å²) in [6.07, 6.45) is 2.49. The molecule has 0 radical (unpaired) electrons. The van der Waals surface area contributed by atoms with Crippen LogP contribution >= 0.6 is 11.6 Å². The molecular formula is C25H27ClN4O3. The van der Waals surface area contributed by atoms with Gasteiger partial charge in [0.15, 0.2) is 5.76 Å². The zero-order chi connectivity index (χ0) is 23.9. The molecule has 1 amide bonds. The SMILES string of the molecule is Cc1nc2c(C)cccn2c1/C(O)=C1\C(=O)C(=O)N(CCCN(C)C)[C@@H]1c1ccc(Cl)cc1. The number of carbonyl (C=O) groups is 2. The highest BCUT2D eigenvalue weighted by molar-refractivity contribution is 6.46. The highest BCUT2D eigenvalue weighted by atomic mass is 35.5. The first-order valence-electron chi connectivity index (χ1n) is 10.8. The van der Waals surface area contributed by atoms with E-state index < -0.39 is 17.7 Å². The van der Waals surface area contributed by atoms with Crippen LogP contribution < -0.4 is 0 Å². The number of aliphatic hydroxyl groups excluding tert-OH is 1. The van der Waals surface area contributed by atoms with E-state index in [1.807, 2.05) is 38.1 Å². The van der Waals surface area contributed by atoms with E-state index in [4.69, 9.17) is 11.6 Å². The fourth-order valence-electron chi connectivity index (χ4n) is 4.39. The summed E-state index contributed by atoms with van der Waals surface area (Å²) in [7, 11) is 3.92. The van der Waals surface area contributed by atoms with Crippen LogP contribution in [0.3, 0.4) is 0 Å². The first-order chi connectivity index (χ1) is 15.7. The van der Waals surface area contributed by atoms with Crippen molar-refractivity contribution in [3.63, 3.8) is 0 Å². The number of imidazole rings is 1. The maximum Gasteiger partial charge on any atom is 0.295 e. The summed E-state index contributed by atoms with van der Waals surface area (Å²) in [5.74, 6) is -1.53. The van der Waals surface area contributed by atoms with Crippen molar-refractivity contribution in [2.24, 2.45) is 0 Å². The van der Waals surface area contributed by atoms with Crippen LogP contribution in [0.4, 0.5) is 0 Å². The molecule has 0 aliphatic carbocycles. The number of amides is 1. The van der Waals surface area contributed by atoms with Gasteiger partial charge < -0.3 is 14.9 Å². The Morgan fingerprint density at radius 1 is 1.15 bits per heavy atom. The molecule has 1 aromatic carbocycles. The van der Waals surface area contributed by atoms with Crippen LogP contribution in [0.15, 0.2) is 48.2 Å². The van der Waals surface area contributed by atoms with Gasteiger partial charge in [0.05, 0.1) is 17.3 Å².